The molecular formula is C11H18N2O2. The molecule has 0 saturated carbocycles. The molecule has 0 spiro atoms. The number of oxazole rings is 1. The number of aliphatic hydroxyl groups excluding tert-OH is 1. The molecule has 2 heterocycles. The van der Waals surface area contributed by atoms with Gasteiger partial charge in [-0.15, -0.1) is 0 Å². The van der Waals surface area contributed by atoms with E-state index in [0.29, 0.717) is 11.7 Å². The first kappa shape index (κ1) is 10.6. The molecule has 1 fully saturated rings. The molecular weight excluding hydrogens is 192 g/mol. The molecule has 84 valence electrons. The van der Waals surface area contributed by atoms with E-state index in [2.05, 4.69) is 16.9 Å². The number of rotatable bonds is 3. The van der Waals surface area contributed by atoms with Gasteiger partial charge in [0.25, 0.3) is 0 Å². The van der Waals surface area contributed by atoms with Gasteiger partial charge in [0.05, 0.1) is 6.20 Å². The van der Waals surface area contributed by atoms with E-state index >= 15 is 0 Å². The quantitative estimate of drug-likeness (QED) is 0.810. The fraction of sp³-hybridized carbons (Fsp3) is 0.727. The minimum Gasteiger partial charge on any atom is -0.443 e. The molecule has 4 nitrogen and oxygen atoms in total. The Balaban J connectivity index is 1.90. The summed E-state index contributed by atoms with van der Waals surface area (Å²) in [4.78, 5) is 6.51. The molecule has 0 aromatic carbocycles. The number of hydrogen-bond donors (Lipinski definition) is 1. The zero-order valence-electron chi connectivity index (χ0n) is 9.15. The predicted octanol–water partition coefficient (Wildman–Crippen LogP) is 1.05. The second-order valence-corrected chi connectivity index (χ2v) is 4.35. The van der Waals surface area contributed by atoms with Crippen molar-refractivity contribution in [3.8, 4) is 0 Å². The summed E-state index contributed by atoms with van der Waals surface area (Å²) in [6, 6.07) is 0. The van der Waals surface area contributed by atoms with Crippen LogP contribution in [-0.2, 0) is 13.0 Å². The van der Waals surface area contributed by atoms with Crippen molar-refractivity contribution < 1.29 is 9.52 Å². The summed E-state index contributed by atoms with van der Waals surface area (Å²) >= 11 is 0. The van der Waals surface area contributed by atoms with Gasteiger partial charge in [-0.25, -0.2) is 4.98 Å². The van der Waals surface area contributed by atoms with Gasteiger partial charge in [-0.05, 0) is 32.4 Å². The van der Waals surface area contributed by atoms with E-state index in [0.717, 1.165) is 18.9 Å². The molecule has 1 atom stereocenters. The summed E-state index contributed by atoms with van der Waals surface area (Å²) in [7, 11) is 2.15. The highest BCUT2D eigenvalue weighted by Crippen LogP contribution is 2.19. The molecule has 1 saturated heterocycles. The first-order valence-corrected chi connectivity index (χ1v) is 5.51. The molecule has 1 aliphatic heterocycles. The zero-order valence-corrected chi connectivity index (χ0v) is 9.15. The lowest BCUT2D eigenvalue weighted by Crippen LogP contribution is -2.33. The van der Waals surface area contributed by atoms with Gasteiger partial charge in [-0.3, -0.25) is 0 Å². The number of aromatic nitrogens is 1. The van der Waals surface area contributed by atoms with Crippen LogP contribution in [0.2, 0.25) is 0 Å². The number of hydrogen-bond acceptors (Lipinski definition) is 4. The molecule has 1 unspecified atom stereocenters. The fourth-order valence-corrected chi connectivity index (χ4v) is 2.20. The number of nitrogens with zero attached hydrogens (tertiary/aromatic N) is 2. The van der Waals surface area contributed by atoms with Crippen molar-refractivity contribution in [2.24, 2.45) is 5.92 Å². The fourth-order valence-electron chi connectivity index (χ4n) is 2.20. The van der Waals surface area contributed by atoms with Crippen LogP contribution in [-0.4, -0.2) is 35.1 Å². The Morgan fingerprint density at radius 3 is 3.20 bits per heavy atom. The summed E-state index contributed by atoms with van der Waals surface area (Å²) < 4.78 is 5.39. The van der Waals surface area contributed by atoms with Gasteiger partial charge in [0.1, 0.15) is 12.4 Å². The van der Waals surface area contributed by atoms with Gasteiger partial charge in [0, 0.05) is 13.0 Å². The van der Waals surface area contributed by atoms with E-state index < -0.39 is 0 Å². The van der Waals surface area contributed by atoms with E-state index in [1.807, 2.05) is 0 Å². The third-order valence-electron chi connectivity index (χ3n) is 2.94. The Bertz CT molecular complexity index is 311. The summed E-state index contributed by atoms with van der Waals surface area (Å²) in [5.41, 5.74) is 0. The molecule has 1 aliphatic rings. The van der Waals surface area contributed by atoms with Crippen molar-refractivity contribution in [1.82, 2.24) is 9.88 Å². The lowest BCUT2D eigenvalue weighted by molar-refractivity contribution is 0.197. The van der Waals surface area contributed by atoms with Crippen LogP contribution in [0.15, 0.2) is 10.6 Å². The van der Waals surface area contributed by atoms with Gasteiger partial charge in [0.15, 0.2) is 5.89 Å². The highest BCUT2D eigenvalue weighted by molar-refractivity contribution is 4.94. The Kier molecular flexibility index (Phi) is 3.38. The van der Waals surface area contributed by atoms with Gasteiger partial charge >= 0.3 is 0 Å². The zero-order chi connectivity index (χ0) is 10.7. The maximum Gasteiger partial charge on any atom is 0.194 e. The molecule has 1 aromatic heterocycles. The highest BCUT2D eigenvalue weighted by Gasteiger charge is 2.19. The second-order valence-electron chi connectivity index (χ2n) is 4.35. The van der Waals surface area contributed by atoms with Crippen LogP contribution < -0.4 is 0 Å². The van der Waals surface area contributed by atoms with Gasteiger partial charge < -0.3 is 14.4 Å². The summed E-state index contributed by atoms with van der Waals surface area (Å²) in [6.45, 7) is 2.26. The largest absolute Gasteiger partial charge is 0.443 e. The average Bonchev–Trinajstić information content (AvgIpc) is 2.65. The number of aliphatic hydroxyl groups is 1. The molecule has 1 N–H and O–H groups in total. The number of piperidine rings is 1. The first-order chi connectivity index (χ1) is 7.28. The molecule has 2 rings (SSSR count). The third kappa shape index (κ3) is 2.79. The van der Waals surface area contributed by atoms with Crippen LogP contribution in [0, 0.1) is 5.92 Å². The third-order valence-corrected chi connectivity index (χ3v) is 2.94. The van der Waals surface area contributed by atoms with E-state index in [1.165, 1.54) is 19.4 Å². The van der Waals surface area contributed by atoms with Crippen molar-refractivity contribution in [2.45, 2.75) is 25.9 Å². The predicted molar refractivity (Wildman–Crippen MR) is 56.4 cm³/mol. The van der Waals surface area contributed by atoms with E-state index in [1.54, 1.807) is 6.20 Å². The molecule has 0 bridgehead atoms. The SMILES string of the molecule is CN1CCCC(Cc2ncc(CO)o2)C1. The lowest BCUT2D eigenvalue weighted by atomic mass is 9.95. The standard InChI is InChI=1S/C11H18N2O2/c1-13-4-2-3-9(7-13)5-11-12-6-10(8-14)15-11/h6,9,14H,2-5,7-8H2,1H3. The molecule has 0 radical (unpaired) electrons. The van der Waals surface area contributed by atoms with Crippen molar-refractivity contribution >= 4 is 0 Å². The van der Waals surface area contributed by atoms with Crippen LogP contribution >= 0.6 is 0 Å². The van der Waals surface area contributed by atoms with E-state index in [-0.39, 0.29) is 6.61 Å². The topological polar surface area (TPSA) is 49.5 Å². The minimum absolute atomic E-state index is 0.0580. The normalized spacial score (nSPS) is 23.2. The smallest absolute Gasteiger partial charge is 0.194 e. The summed E-state index contributed by atoms with van der Waals surface area (Å²) in [5.74, 6) is 1.97. The molecule has 0 aliphatic carbocycles. The van der Waals surface area contributed by atoms with Crippen molar-refractivity contribution in [3.05, 3.63) is 17.8 Å². The minimum atomic E-state index is -0.0580. The summed E-state index contributed by atoms with van der Waals surface area (Å²) in [6.07, 6.45) is 5.02. The molecule has 0 amide bonds. The Hall–Kier alpha value is -0.870. The van der Waals surface area contributed by atoms with E-state index in [4.69, 9.17) is 9.52 Å². The Morgan fingerprint density at radius 1 is 1.67 bits per heavy atom. The van der Waals surface area contributed by atoms with Crippen LogP contribution in [0.5, 0.6) is 0 Å². The Morgan fingerprint density at radius 2 is 2.53 bits per heavy atom. The van der Waals surface area contributed by atoms with Gasteiger partial charge in [0.2, 0.25) is 0 Å². The first-order valence-electron chi connectivity index (χ1n) is 5.51. The van der Waals surface area contributed by atoms with Gasteiger partial charge in [-0.2, -0.15) is 0 Å². The molecule has 4 heteroatoms. The van der Waals surface area contributed by atoms with Crippen LogP contribution in [0.4, 0.5) is 0 Å². The maximum absolute atomic E-state index is 8.86. The monoisotopic (exact) mass is 210 g/mol. The van der Waals surface area contributed by atoms with Crippen LogP contribution in [0.25, 0.3) is 0 Å². The van der Waals surface area contributed by atoms with Gasteiger partial charge in [-0.1, -0.05) is 0 Å². The van der Waals surface area contributed by atoms with Crippen molar-refractivity contribution in [2.75, 3.05) is 20.1 Å². The highest BCUT2D eigenvalue weighted by atomic mass is 16.4. The van der Waals surface area contributed by atoms with E-state index in [9.17, 15) is 0 Å². The average molecular weight is 210 g/mol. The molecule has 15 heavy (non-hydrogen) atoms. The summed E-state index contributed by atoms with van der Waals surface area (Å²) in [5, 5.41) is 8.86. The number of likely N-dealkylation sites (tertiary alicyclic amines) is 1. The van der Waals surface area contributed by atoms with Crippen molar-refractivity contribution in [3.63, 3.8) is 0 Å². The maximum atomic E-state index is 8.86. The molecule has 1 aromatic rings. The lowest BCUT2D eigenvalue weighted by Gasteiger charge is -2.28. The van der Waals surface area contributed by atoms with Crippen LogP contribution in [0.3, 0.4) is 0 Å². The second kappa shape index (κ2) is 4.77. The Labute approximate surface area is 89.9 Å². The van der Waals surface area contributed by atoms with Crippen LogP contribution in [0.1, 0.15) is 24.5 Å². The van der Waals surface area contributed by atoms with Crippen molar-refractivity contribution in [1.29, 1.82) is 0 Å².